The maximum atomic E-state index is 10.1. The SMILES string of the molecule is Cc1nc2c(c(N3CCCC(O)C3)n1)CN(Cc1ccccc1)CC2. The molecule has 0 amide bonds. The Morgan fingerprint density at radius 3 is 2.80 bits per heavy atom. The monoisotopic (exact) mass is 338 g/mol. The standard InChI is InChI=1S/C20H26N4O/c1-15-21-19-9-11-23(12-16-6-3-2-4-7-16)14-18(19)20(22-15)24-10-5-8-17(25)13-24/h2-4,6-7,17,25H,5,8-14H2,1H3. The fraction of sp³-hybridized carbons (Fsp3) is 0.500. The van der Waals surface area contributed by atoms with Crippen molar-refractivity contribution in [2.24, 2.45) is 0 Å². The molecule has 0 aliphatic carbocycles. The smallest absolute Gasteiger partial charge is 0.137 e. The Morgan fingerprint density at radius 1 is 1.16 bits per heavy atom. The van der Waals surface area contributed by atoms with E-state index in [2.05, 4.69) is 40.1 Å². The quantitative estimate of drug-likeness (QED) is 0.931. The van der Waals surface area contributed by atoms with Crippen LogP contribution >= 0.6 is 0 Å². The van der Waals surface area contributed by atoms with Crippen LogP contribution in [-0.2, 0) is 19.5 Å². The second-order valence-electron chi connectivity index (χ2n) is 7.21. The lowest BCUT2D eigenvalue weighted by atomic mass is 10.0. The summed E-state index contributed by atoms with van der Waals surface area (Å²) < 4.78 is 0. The van der Waals surface area contributed by atoms with E-state index in [9.17, 15) is 5.11 Å². The Hall–Kier alpha value is -1.98. The number of hydrogen-bond donors (Lipinski definition) is 1. The Balaban J connectivity index is 1.59. The van der Waals surface area contributed by atoms with E-state index in [1.165, 1.54) is 16.8 Å². The molecular formula is C20H26N4O. The van der Waals surface area contributed by atoms with Crippen LogP contribution in [0.25, 0.3) is 0 Å². The average Bonchev–Trinajstić information content (AvgIpc) is 2.62. The van der Waals surface area contributed by atoms with Crippen LogP contribution in [0.2, 0.25) is 0 Å². The van der Waals surface area contributed by atoms with Gasteiger partial charge >= 0.3 is 0 Å². The normalized spacial score (nSPS) is 21.2. The maximum absolute atomic E-state index is 10.1. The molecule has 25 heavy (non-hydrogen) atoms. The largest absolute Gasteiger partial charge is 0.391 e. The topological polar surface area (TPSA) is 52.5 Å². The van der Waals surface area contributed by atoms with E-state index in [4.69, 9.17) is 9.97 Å². The molecule has 1 unspecified atom stereocenters. The van der Waals surface area contributed by atoms with Crippen molar-refractivity contribution in [1.29, 1.82) is 0 Å². The van der Waals surface area contributed by atoms with Gasteiger partial charge in [0.25, 0.3) is 0 Å². The number of β-amino-alcohol motifs (C(OH)–C–C–N with tert-alkyl or cyclic N) is 1. The molecule has 1 aromatic heterocycles. The molecule has 5 heteroatoms. The second kappa shape index (κ2) is 7.10. The molecule has 2 aliphatic rings. The van der Waals surface area contributed by atoms with E-state index in [1.807, 2.05) is 6.92 Å². The summed E-state index contributed by atoms with van der Waals surface area (Å²) in [4.78, 5) is 14.2. The molecule has 3 heterocycles. The van der Waals surface area contributed by atoms with E-state index in [1.54, 1.807) is 0 Å². The van der Waals surface area contributed by atoms with E-state index >= 15 is 0 Å². The third-order valence-electron chi connectivity index (χ3n) is 5.17. The third-order valence-corrected chi connectivity index (χ3v) is 5.17. The minimum atomic E-state index is -0.247. The number of piperidine rings is 1. The first-order chi connectivity index (χ1) is 12.2. The molecule has 4 rings (SSSR count). The molecule has 2 aliphatic heterocycles. The van der Waals surface area contributed by atoms with Crippen molar-refractivity contribution < 1.29 is 5.11 Å². The van der Waals surface area contributed by atoms with Gasteiger partial charge < -0.3 is 10.0 Å². The summed E-state index contributed by atoms with van der Waals surface area (Å²) in [6.07, 6.45) is 2.63. The van der Waals surface area contributed by atoms with Gasteiger partial charge in [-0.25, -0.2) is 9.97 Å². The summed E-state index contributed by atoms with van der Waals surface area (Å²) in [6, 6.07) is 10.6. The highest BCUT2D eigenvalue weighted by Gasteiger charge is 2.27. The van der Waals surface area contributed by atoms with Crippen LogP contribution < -0.4 is 4.90 Å². The van der Waals surface area contributed by atoms with Crippen molar-refractivity contribution in [3.63, 3.8) is 0 Å². The molecule has 2 aromatic rings. The average molecular weight is 338 g/mol. The molecule has 5 nitrogen and oxygen atoms in total. The highest BCUT2D eigenvalue weighted by molar-refractivity contribution is 5.50. The summed E-state index contributed by atoms with van der Waals surface area (Å²) in [5, 5.41) is 10.1. The van der Waals surface area contributed by atoms with Crippen LogP contribution in [0.15, 0.2) is 30.3 Å². The van der Waals surface area contributed by atoms with Gasteiger partial charge in [0.1, 0.15) is 11.6 Å². The number of anilines is 1. The van der Waals surface area contributed by atoms with Gasteiger partial charge in [-0.05, 0) is 25.3 Å². The molecule has 0 spiro atoms. The number of hydrogen-bond acceptors (Lipinski definition) is 5. The minimum Gasteiger partial charge on any atom is -0.391 e. The van der Waals surface area contributed by atoms with Crippen molar-refractivity contribution in [3.8, 4) is 0 Å². The third kappa shape index (κ3) is 3.67. The Morgan fingerprint density at radius 2 is 2.00 bits per heavy atom. The number of aromatic nitrogens is 2. The number of rotatable bonds is 3. The molecule has 1 fully saturated rings. The van der Waals surface area contributed by atoms with Gasteiger partial charge in [0.2, 0.25) is 0 Å². The van der Waals surface area contributed by atoms with E-state index < -0.39 is 0 Å². The summed E-state index contributed by atoms with van der Waals surface area (Å²) in [7, 11) is 0. The molecule has 0 saturated carbocycles. The predicted molar refractivity (Wildman–Crippen MR) is 98.5 cm³/mol. The number of aliphatic hydroxyl groups excluding tert-OH is 1. The number of aliphatic hydroxyl groups is 1. The van der Waals surface area contributed by atoms with Gasteiger partial charge in [0, 0.05) is 44.7 Å². The van der Waals surface area contributed by atoms with Crippen LogP contribution in [-0.4, -0.2) is 45.7 Å². The van der Waals surface area contributed by atoms with Crippen molar-refractivity contribution in [1.82, 2.24) is 14.9 Å². The first kappa shape index (κ1) is 16.5. The molecule has 1 atom stereocenters. The fourth-order valence-electron chi connectivity index (χ4n) is 3.96. The second-order valence-corrected chi connectivity index (χ2v) is 7.21. The van der Waals surface area contributed by atoms with Crippen LogP contribution in [0.3, 0.4) is 0 Å². The maximum Gasteiger partial charge on any atom is 0.137 e. The molecule has 1 saturated heterocycles. The lowest BCUT2D eigenvalue weighted by Gasteiger charge is -2.36. The highest BCUT2D eigenvalue weighted by Crippen LogP contribution is 2.29. The van der Waals surface area contributed by atoms with E-state index in [0.29, 0.717) is 6.54 Å². The predicted octanol–water partition coefficient (Wildman–Crippen LogP) is 2.30. The lowest BCUT2D eigenvalue weighted by Crippen LogP contribution is -2.41. The van der Waals surface area contributed by atoms with Gasteiger partial charge in [-0.3, -0.25) is 4.90 Å². The number of benzene rings is 1. The fourth-order valence-corrected chi connectivity index (χ4v) is 3.96. The van der Waals surface area contributed by atoms with Crippen molar-refractivity contribution in [2.75, 3.05) is 24.5 Å². The Labute approximate surface area is 149 Å². The van der Waals surface area contributed by atoms with Gasteiger partial charge in [-0.1, -0.05) is 30.3 Å². The zero-order chi connectivity index (χ0) is 17.2. The van der Waals surface area contributed by atoms with Crippen molar-refractivity contribution in [3.05, 3.63) is 53.0 Å². The van der Waals surface area contributed by atoms with Crippen molar-refractivity contribution >= 4 is 5.82 Å². The van der Waals surface area contributed by atoms with E-state index in [0.717, 1.165) is 57.1 Å². The molecule has 132 valence electrons. The van der Waals surface area contributed by atoms with Crippen LogP contribution in [0.5, 0.6) is 0 Å². The zero-order valence-corrected chi connectivity index (χ0v) is 14.9. The van der Waals surface area contributed by atoms with Gasteiger partial charge in [0.05, 0.1) is 11.8 Å². The van der Waals surface area contributed by atoms with Gasteiger partial charge in [-0.15, -0.1) is 0 Å². The van der Waals surface area contributed by atoms with Gasteiger partial charge in [-0.2, -0.15) is 0 Å². The van der Waals surface area contributed by atoms with Crippen molar-refractivity contribution in [2.45, 2.75) is 45.4 Å². The van der Waals surface area contributed by atoms with Crippen LogP contribution in [0.4, 0.5) is 5.82 Å². The number of nitrogens with zero attached hydrogens (tertiary/aromatic N) is 4. The number of aryl methyl sites for hydroxylation is 1. The molecular weight excluding hydrogens is 312 g/mol. The molecule has 0 bridgehead atoms. The lowest BCUT2D eigenvalue weighted by molar-refractivity contribution is 0.153. The molecule has 1 aromatic carbocycles. The molecule has 0 radical (unpaired) electrons. The van der Waals surface area contributed by atoms with E-state index in [-0.39, 0.29) is 6.10 Å². The first-order valence-electron chi connectivity index (χ1n) is 9.25. The Bertz CT molecular complexity index is 734. The molecule has 1 N–H and O–H groups in total. The number of fused-ring (bicyclic) bond motifs is 1. The minimum absolute atomic E-state index is 0.247. The van der Waals surface area contributed by atoms with Crippen LogP contribution in [0, 0.1) is 6.92 Å². The highest BCUT2D eigenvalue weighted by atomic mass is 16.3. The first-order valence-corrected chi connectivity index (χ1v) is 9.25. The summed E-state index contributed by atoms with van der Waals surface area (Å²) >= 11 is 0. The summed E-state index contributed by atoms with van der Waals surface area (Å²) in [6.45, 7) is 6.49. The summed E-state index contributed by atoms with van der Waals surface area (Å²) in [5.41, 5.74) is 3.78. The summed E-state index contributed by atoms with van der Waals surface area (Å²) in [5.74, 6) is 1.88. The van der Waals surface area contributed by atoms with Gasteiger partial charge in [0.15, 0.2) is 0 Å². The Kier molecular flexibility index (Phi) is 4.68. The van der Waals surface area contributed by atoms with Crippen LogP contribution in [0.1, 0.15) is 35.5 Å². The zero-order valence-electron chi connectivity index (χ0n) is 14.9.